The van der Waals surface area contributed by atoms with E-state index in [4.69, 9.17) is 4.74 Å². The van der Waals surface area contributed by atoms with Gasteiger partial charge in [-0.3, -0.25) is 14.9 Å². The number of carbonyl (C=O) groups excluding carboxylic acids is 2. The third-order valence-corrected chi connectivity index (χ3v) is 5.18. The molecule has 12 heteroatoms. The fraction of sp³-hybridized carbons (Fsp3) is 0.235. The van der Waals surface area contributed by atoms with Gasteiger partial charge in [0, 0.05) is 18.8 Å². The zero-order chi connectivity index (χ0) is 21.2. The number of amidine groups is 1. The van der Waals surface area contributed by atoms with E-state index < -0.39 is 33.4 Å². The fourth-order valence-electron chi connectivity index (χ4n) is 2.62. The molecule has 2 aliphatic rings. The quantitative estimate of drug-likeness (QED) is 0.419. The van der Waals surface area contributed by atoms with Crippen molar-refractivity contribution in [2.24, 2.45) is 4.40 Å². The Labute approximate surface area is 165 Å². The molecule has 0 saturated carbocycles. The number of hydrogen-bond donors (Lipinski definition) is 1. The second kappa shape index (κ2) is 7.83. The Hall–Kier alpha value is -3.54. The molecular weight excluding hydrogens is 404 g/mol. The first kappa shape index (κ1) is 20.2. The number of amides is 1. The molecule has 0 unspecified atom stereocenters. The number of anilines is 1. The zero-order valence-corrected chi connectivity index (χ0v) is 16.0. The van der Waals surface area contributed by atoms with Crippen LogP contribution in [0, 0.1) is 17.0 Å². The van der Waals surface area contributed by atoms with Crippen molar-refractivity contribution in [3.63, 3.8) is 0 Å². The Morgan fingerprint density at radius 2 is 2.10 bits per heavy atom. The molecule has 2 heterocycles. The van der Waals surface area contributed by atoms with Crippen LogP contribution in [0.4, 0.5) is 11.4 Å². The van der Waals surface area contributed by atoms with Crippen molar-refractivity contribution >= 4 is 39.1 Å². The van der Waals surface area contributed by atoms with Crippen molar-refractivity contribution in [1.29, 1.82) is 0 Å². The lowest BCUT2D eigenvalue weighted by Crippen LogP contribution is -2.37. The summed E-state index contributed by atoms with van der Waals surface area (Å²) in [5.41, 5.74) is 0.492. The summed E-state index contributed by atoms with van der Waals surface area (Å²) in [4.78, 5) is 36.1. The molecule has 2 aliphatic heterocycles. The predicted molar refractivity (Wildman–Crippen MR) is 103 cm³/mol. The fourth-order valence-corrected chi connectivity index (χ4v) is 3.59. The predicted octanol–water partition coefficient (Wildman–Crippen LogP) is 0.883. The Morgan fingerprint density at radius 1 is 1.34 bits per heavy atom. The van der Waals surface area contributed by atoms with Gasteiger partial charge in [-0.05, 0) is 30.7 Å². The Bertz CT molecular complexity index is 1090. The van der Waals surface area contributed by atoms with Gasteiger partial charge < -0.3 is 15.0 Å². The van der Waals surface area contributed by atoms with E-state index in [-0.39, 0.29) is 35.1 Å². The molecule has 29 heavy (non-hydrogen) atoms. The van der Waals surface area contributed by atoms with Crippen LogP contribution in [0.3, 0.4) is 0 Å². The molecule has 0 atom stereocenters. The van der Waals surface area contributed by atoms with Crippen LogP contribution in [-0.4, -0.2) is 54.9 Å². The Morgan fingerprint density at radius 3 is 2.83 bits per heavy atom. The van der Waals surface area contributed by atoms with Gasteiger partial charge in [-0.1, -0.05) is 6.07 Å². The van der Waals surface area contributed by atoms with E-state index in [9.17, 15) is 28.1 Å². The summed E-state index contributed by atoms with van der Waals surface area (Å²) in [5.74, 6) is -1.53. The zero-order valence-electron chi connectivity index (χ0n) is 15.2. The molecule has 11 nitrogen and oxygen atoms in total. The molecule has 1 aromatic carbocycles. The average molecular weight is 420 g/mol. The minimum atomic E-state index is -3.51. The summed E-state index contributed by atoms with van der Waals surface area (Å²) < 4.78 is 31.5. The highest BCUT2D eigenvalue weighted by molar-refractivity contribution is 7.90. The smallest absolute Gasteiger partial charge is 0.340 e. The third kappa shape index (κ3) is 4.85. The standard InChI is InChI=1S/C17H16N4O7S/c1-11-2-4-13(14(8-11)21(24)25)18-16(22)10-28-17(23)12-3-5-15-19-29(26,27)7-6-20(15)9-12/h2-5,8-9H,6-7,10H2,1H3,(H,18,22). The van der Waals surface area contributed by atoms with E-state index >= 15 is 0 Å². The van der Waals surface area contributed by atoms with Crippen molar-refractivity contribution in [2.75, 3.05) is 24.2 Å². The Balaban J connectivity index is 1.61. The van der Waals surface area contributed by atoms with E-state index in [1.807, 2.05) is 0 Å². The second-order valence-electron chi connectivity index (χ2n) is 6.25. The number of aryl methyl sites for hydroxylation is 1. The van der Waals surface area contributed by atoms with Gasteiger partial charge in [-0.15, -0.1) is 4.40 Å². The lowest BCUT2D eigenvalue weighted by atomic mass is 10.2. The van der Waals surface area contributed by atoms with Crippen LogP contribution in [0.5, 0.6) is 0 Å². The highest BCUT2D eigenvalue weighted by atomic mass is 32.2. The van der Waals surface area contributed by atoms with Gasteiger partial charge in [0.25, 0.3) is 21.6 Å². The molecule has 3 rings (SSSR count). The van der Waals surface area contributed by atoms with Gasteiger partial charge >= 0.3 is 5.97 Å². The summed E-state index contributed by atoms with van der Waals surface area (Å²) >= 11 is 0. The van der Waals surface area contributed by atoms with Gasteiger partial charge in [0.05, 0.1) is 16.2 Å². The molecule has 152 valence electrons. The number of nitrogens with zero attached hydrogens (tertiary/aromatic N) is 3. The molecule has 0 aromatic heterocycles. The number of ether oxygens (including phenoxy) is 1. The van der Waals surface area contributed by atoms with Gasteiger partial charge in [-0.25, -0.2) is 13.2 Å². The first-order chi connectivity index (χ1) is 13.6. The molecule has 0 spiro atoms. The summed E-state index contributed by atoms with van der Waals surface area (Å²) in [6, 6.07) is 4.31. The second-order valence-corrected chi connectivity index (χ2v) is 8.00. The van der Waals surface area contributed by atoms with Crippen molar-refractivity contribution in [2.45, 2.75) is 6.92 Å². The van der Waals surface area contributed by atoms with Crippen molar-refractivity contribution in [3.05, 3.63) is 57.8 Å². The van der Waals surface area contributed by atoms with Crippen molar-refractivity contribution < 1.29 is 27.7 Å². The molecule has 0 fully saturated rings. The molecule has 1 N–H and O–H groups in total. The minimum absolute atomic E-state index is 0.00574. The molecule has 0 aliphatic carbocycles. The van der Waals surface area contributed by atoms with Crippen LogP contribution in [-0.2, 0) is 24.3 Å². The van der Waals surface area contributed by atoms with E-state index in [0.29, 0.717) is 5.56 Å². The summed E-state index contributed by atoms with van der Waals surface area (Å²) in [5, 5.41) is 13.4. The van der Waals surface area contributed by atoms with E-state index in [1.54, 1.807) is 13.0 Å². The number of sulfonamides is 1. The molecule has 0 radical (unpaired) electrons. The number of benzene rings is 1. The number of carbonyl (C=O) groups is 2. The first-order valence-electron chi connectivity index (χ1n) is 8.36. The maximum absolute atomic E-state index is 12.2. The molecule has 1 aromatic rings. The number of rotatable bonds is 5. The van der Waals surface area contributed by atoms with Crippen molar-refractivity contribution in [3.8, 4) is 0 Å². The van der Waals surface area contributed by atoms with Gasteiger partial charge in [0.15, 0.2) is 6.61 Å². The van der Waals surface area contributed by atoms with Crippen LogP contribution < -0.4 is 5.32 Å². The number of fused-ring (bicyclic) bond motifs is 1. The first-order valence-corrected chi connectivity index (χ1v) is 9.97. The number of nitro benzene ring substituents is 1. The third-order valence-electron chi connectivity index (χ3n) is 4.02. The van der Waals surface area contributed by atoms with E-state index in [1.165, 1.54) is 35.4 Å². The van der Waals surface area contributed by atoms with Crippen molar-refractivity contribution in [1.82, 2.24) is 4.90 Å². The van der Waals surface area contributed by atoms with E-state index in [0.717, 1.165) is 0 Å². The van der Waals surface area contributed by atoms with Crippen LogP contribution >= 0.6 is 0 Å². The van der Waals surface area contributed by atoms with Gasteiger partial charge in [0.1, 0.15) is 11.5 Å². The normalized spacial score (nSPS) is 16.9. The number of nitro groups is 1. The SMILES string of the molecule is Cc1ccc(NC(=O)COC(=O)C2=CN3CCS(=O)(=O)N=C3C=C2)c([N+](=O)[O-])c1. The molecule has 0 bridgehead atoms. The topological polar surface area (TPSA) is 148 Å². The largest absolute Gasteiger partial charge is 0.452 e. The number of hydrogen-bond acceptors (Lipinski definition) is 8. The summed E-state index contributed by atoms with van der Waals surface area (Å²) in [6.07, 6.45) is 4.09. The molecule has 0 saturated heterocycles. The van der Waals surface area contributed by atoms with Crippen LogP contribution in [0.2, 0.25) is 0 Å². The minimum Gasteiger partial charge on any atom is -0.452 e. The lowest BCUT2D eigenvalue weighted by Gasteiger charge is -2.26. The maximum atomic E-state index is 12.2. The average Bonchev–Trinajstić information content (AvgIpc) is 2.66. The highest BCUT2D eigenvalue weighted by Gasteiger charge is 2.25. The lowest BCUT2D eigenvalue weighted by molar-refractivity contribution is -0.384. The van der Waals surface area contributed by atoms with Crippen LogP contribution in [0.1, 0.15) is 5.56 Å². The van der Waals surface area contributed by atoms with E-state index in [2.05, 4.69) is 9.71 Å². The summed E-state index contributed by atoms with van der Waals surface area (Å²) in [7, 11) is -3.51. The monoisotopic (exact) mass is 420 g/mol. The number of nitrogens with one attached hydrogen (secondary N) is 1. The van der Waals surface area contributed by atoms with Gasteiger partial charge in [-0.2, -0.15) is 0 Å². The molecule has 1 amide bonds. The maximum Gasteiger partial charge on any atom is 0.340 e. The van der Waals surface area contributed by atoms with Crippen LogP contribution in [0.25, 0.3) is 0 Å². The van der Waals surface area contributed by atoms with Gasteiger partial charge in [0.2, 0.25) is 0 Å². The highest BCUT2D eigenvalue weighted by Crippen LogP contribution is 2.25. The number of esters is 1. The molecular formula is C17H16N4O7S. The van der Waals surface area contributed by atoms with Crippen LogP contribution in [0.15, 0.2) is 46.5 Å². The summed E-state index contributed by atoms with van der Waals surface area (Å²) in [6.45, 7) is 1.17. The Kier molecular flexibility index (Phi) is 5.46.